The summed E-state index contributed by atoms with van der Waals surface area (Å²) in [6.07, 6.45) is 9.49. The third kappa shape index (κ3) is 4.25. The molecule has 0 saturated carbocycles. The Morgan fingerprint density at radius 3 is 2.79 bits per heavy atom. The molecule has 0 spiro atoms. The molecule has 0 aliphatic carbocycles. The van der Waals surface area contributed by atoms with Crippen molar-refractivity contribution in [3.05, 3.63) is 54.1 Å². The van der Waals surface area contributed by atoms with Crippen molar-refractivity contribution in [2.45, 2.75) is 38.6 Å². The number of aryl methyl sites for hydroxylation is 2. The van der Waals surface area contributed by atoms with Crippen molar-refractivity contribution in [2.24, 2.45) is 12.5 Å². The first kappa shape index (κ1) is 17.2. The van der Waals surface area contributed by atoms with E-state index in [1.807, 2.05) is 19.4 Å². The van der Waals surface area contributed by atoms with E-state index in [1.165, 1.54) is 5.56 Å². The number of aromatic nitrogens is 2. The fraction of sp³-hybridized carbons (Fsp3) is 0.550. The van der Waals surface area contributed by atoms with Crippen LogP contribution in [0.1, 0.15) is 37.1 Å². The Morgan fingerprint density at radius 2 is 2.08 bits per heavy atom. The van der Waals surface area contributed by atoms with Crippen LogP contribution < -0.4 is 0 Å². The molecule has 1 unspecified atom stereocenters. The first-order valence-electron chi connectivity index (χ1n) is 9.04. The number of hydrogen-bond donors (Lipinski definition) is 1. The van der Waals surface area contributed by atoms with E-state index < -0.39 is 0 Å². The molecule has 0 bridgehead atoms. The average molecular weight is 327 g/mol. The Balaban J connectivity index is 1.56. The predicted molar refractivity (Wildman–Crippen MR) is 96.6 cm³/mol. The second-order valence-electron chi connectivity index (χ2n) is 7.27. The highest BCUT2D eigenvalue weighted by Crippen LogP contribution is 2.35. The molecule has 1 saturated heterocycles. The van der Waals surface area contributed by atoms with Crippen molar-refractivity contribution >= 4 is 0 Å². The third-order valence-corrected chi connectivity index (χ3v) is 5.38. The summed E-state index contributed by atoms with van der Waals surface area (Å²) in [4.78, 5) is 6.91. The third-order valence-electron chi connectivity index (χ3n) is 5.38. The summed E-state index contributed by atoms with van der Waals surface area (Å²) >= 11 is 0. The molecule has 3 rings (SSSR count). The Hall–Kier alpha value is -1.65. The van der Waals surface area contributed by atoms with E-state index in [1.54, 1.807) is 0 Å². The summed E-state index contributed by atoms with van der Waals surface area (Å²) < 4.78 is 2.09. The topological polar surface area (TPSA) is 41.3 Å². The van der Waals surface area contributed by atoms with Crippen LogP contribution in [-0.2, 0) is 20.0 Å². The van der Waals surface area contributed by atoms with Gasteiger partial charge in [0.25, 0.3) is 0 Å². The number of likely N-dealkylation sites (tertiary alicyclic amines) is 1. The quantitative estimate of drug-likeness (QED) is 0.850. The summed E-state index contributed by atoms with van der Waals surface area (Å²) in [6.45, 7) is 3.25. The summed E-state index contributed by atoms with van der Waals surface area (Å²) in [5, 5.41) is 10.1. The number of rotatable bonds is 7. The van der Waals surface area contributed by atoms with Gasteiger partial charge in [0.15, 0.2) is 0 Å². The van der Waals surface area contributed by atoms with Crippen LogP contribution >= 0.6 is 0 Å². The van der Waals surface area contributed by atoms with Crippen molar-refractivity contribution in [3.8, 4) is 0 Å². The van der Waals surface area contributed by atoms with Gasteiger partial charge >= 0.3 is 0 Å². The van der Waals surface area contributed by atoms with Gasteiger partial charge < -0.3 is 9.67 Å². The molecule has 24 heavy (non-hydrogen) atoms. The largest absolute Gasteiger partial charge is 0.396 e. The monoisotopic (exact) mass is 327 g/mol. The van der Waals surface area contributed by atoms with Gasteiger partial charge in [0.05, 0.1) is 6.54 Å². The van der Waals surface area contributed by atoms with Gasteiger partial charge in [-0.3, -0.25) is 4.90 Å². The second kappa shape index (κ2) is 7.95. The molecule has 1 aromatic carbocycles. The van der Waals surface area contributed by atoms with E-state index in [4.69, 9.17) is 0 Å². The summed E-state index contributed by atoms with van der Waals surface area (Å²) in [5.74, 6) is 1.10. The van der Waals surface area contributed by atoms with Crippen molar-refractivity contribution < 1.29 is 5.11 Å². The van der Waals surface area contributed by atoms with Crippen LogP contribution in [0.5, 0.6) is 0 Å². The number of imidazole rings is 1. The Morgan fingerprint density at radius 1 is 1.25 bits per heavy atom. The molecule has 1 aliphatic heterocycles. The number of hydrogen-bond acceptors (Lipinski definition) is 3. The molecule has 1 atom stereocenters. The lowest BCUT2D eigenvalue weighted by Gasteiger charge is -2.42. The number of nitrogens with zero attached hydrogens (tertiary/aromatic N) is 3. The van der Waals surface area contributed by atoms with Gasteiger partial charge in [0.1, 0.15) is 5.82 Å². The van der Waals surface area contributed by atoms with Crippen LogP contribution in [0.3, 0.4) is 0 Å². The maximum Gasteiger partial charge on any atom is 0.122 e. The van der Waals surface area contributed by atoms with Crippen molar-refractivity contribution in [3.63, 3.8) is 0 Å². The molecular formula is C20H29N3O. The van der Waals surface area contributed by atoms with E-state index >= 15 is 0 Å². The number of aliphatic hydroxyl groups is 1. The molecule has 130 valence electrons. The molecule has 2 aromatic rings. The highest BCUT2D eigenvalue weighted by Gasteiger charge is 2.34. The van der Waals surface area contributed by atoms with Gasteiger partial charge in [-0.15, -0.1) is 0 Å². The summed E-state index contributed by atoms with van der Waals surface area (Å²) in [6, 6.07) is 10.7. The minimum atomic E-state index is 0.0538. The summed E-state index contributed by atoms with van der Waals surface area (Å²) in [7, 11) is 2.05. The van der Waals surface area contributed by atoms with Gasteiger partial charge in [0, 0.05) is 38.0 Å². The minimum Gasteiger partial charge on any atom is -0.396 e. The Kier molecular flexibility index (Phi) is 5.69. The van der Waals surface area contributed by atoms with Gasteiger partial charge in [-0.05, 0) is 44.2 Å². The standard InChI is InChI=1S/C20H29N3O/c1-22-14-12-21-19(22)15-23-13-6-11-20(16-23,17-24)10-5-9-18-7-3-2-4-8-18/h2-4,7-8,12,14,24H,5-6,9-11,13,15-17H2,1H3. The van der Waals surface area contributed by atoms with Crippen LogP contribution in [-0.4, -0.2) is 39.3 Å². The Bertz CT molecular complexity index is 625. The molecule has 1 aliphatic rings. The summed E-state index contributed by atoms with van der Waals surface area (Å²) in [5.41, 5.74) is 1.45. The molecule has 4 heteroatoms. The lowest BCUT2D eigenvalue weighted by molar-refractivity contribution is 0.0195. The van der Waals surface area contributed by atoms with Crippen molar-refractivity contribution in [1.82, 2.24) is 14.5 Å². The molecule has 0 amide bonds. The molecule has 2 heterocycles. The van der Waals surface area contributed by atoms with Crippen molar-refractivity contribution in [2.75, 3.05) is 19.7 Å². The zero-order chi connectivity index (χ0) is 16.8. The van der Waals surface area contributed by atoms with Crippen LogP contribution in [0, 0.1) is 5.41 Å². The van der Waals surface area contributed by atoms with E-state index in [0.29, 0.717) is 6.61 Å². The zero-order valence-electron chi connectivity index (χ0n) is 14.7. The van der Waals surface area contributed by atoms with Crippen LogP contribution in [0.2, 0.25) is 0 Å². The average Bonchev–Trinajstić information content (AvgIpc) is 3.01. The maximum absolute atomic E-state index is 10.1. The lowest BCUT2D eigenvalue weighted by atomic mass is 9.76. The molecule has 1 N–H and O–H groups in total. The molecule has 0 radical (unpaired) electrons. The van der Waals surface area contributed by atoms with Gasteiger partial charge in [-0.1, -0.05) is 30.3 Å². The van der Waals surface area contributed by atoms with Gasteiger partial charge in [0.2, 0.25) is 0 Å². The van der Waals surface area contributed by atoms with E-state index in [9.17, 15) is 5.11 Å². The van der Waals surface area contributed by atoms with E-state index in [-0.39, 0.29) is 5.41 Å². The Labute approximate surface area is 145 Å². The van der Waals surface area contributed by atoms with Crippen LogP contribution in [0.15, 0.2) is 42.7 Å². The van der Waals surface area contributed by atoms with E-state index in [0.717, 1.165) is 57.6 Å². The van der Waals surface area contributed by atoms with Crippen LogP contribution in [0.4, 0.5) is 0 Å². The maximum atomic E-state index is 10.1. The highest BCUT2D eigenvalue weighted by molar-refractivity contribution is 5.14. The fourth-order valence-electron chi connectivity index (χ4n) is 3.92. The molecule has 1 aromatic heterocycles. The highest BCUT2D eigenvalue weighted by atomic mass is 16.3. The van der Waals surface area contributed by atoms with E-state index in [2.05, 4.69) is 44.8 Å². The molecule has 1 fully saturated rings. The van der Waals surface area contributed by atoms with Gasteiger partial charge in [-0.2, -0.15) is 0 Å². The zero-order valence-corrected chi connectivity index (χ0v) is 14.7. The number of benzene rings is 1. The van der Waals surface area contributed by atoms with Crippen molar-refractivity contribution in [1.29, 1.82) is 0 Å². The first-order valence-corrected chi connectivity index (χ1v) is 9.04. The number of aliphatic hydroxyl groups excluding tert-OH is 1. The predicted octanol–water partition coefficient (Wildman–Crippen LogP) is 3.02. The SMILES string of the molecule is Cn1ccnc1CN1CCCC(CO)(CCCc2ccccc2)C1. The smallest absolute Gasteiger partial charge is 0.122 e. The minimum absolute atomic E-state index is 0.0538. The molecular weight excluding hydrogens is 298 g/mol. The lowest BCUT2D eigenvalue weighted by Crippen LogP contribution is -2.45. The number of piperidine rings is 1. The fourth-order valence-corrected chi connectivity index (χ4v) is 3.92. The molecule has 4 nitrogen and oxygen atoms in total. The first-order chi connectivity index (χ1) is 11.7. The second-order valence-corrected chi connectivity index (χ2v) is 7.27. The normalized spacial score (nSPS) is 21.9. The van der Waals surface area contributed by atoms with Gasteiger partial charge in [-0.25, -0.2) is 4.98 Å². The van der Waals surface area contributed by atoms with Crippen LogP contribution in [0.25, 0.3) is 0 Å².